The van der Waals surface area contributed by atoms with Crippen LogP contribution in [-0.4, -0.2) is 16.5 Å². The van der Waals surface area contributed by atoms with Gasteiger partial charge in [-0.25, -0.2) is 0 Å². The van der Waals surface area contributed by atoms with Gasteiger partial charge in [-0.1, -0.05) is 18.2 Å². The van der Waals surface area contributed by atoms with Crippen molar-refractivity contribution in [3.05, 3.63) is 24.3 Å². The molecule has 1 N–H and O–H groups in total. The van der Waals surface area contributed by atoms with E-state index in [1.165, 1.54) is 6.08 Å². The van der Waals surface area contributed by atoms with Crippen molar-refractivity contribution < 1.29 is 9.90 Å². The molecule has 0 bridgehead atoms. The number of carbonyl (C=O) groups is 1. The summed E-state index contributed by atoms with van der Waals surface area (Å²) in [6.07, 6.45) is 6.68. The zero-order chi connectivity index (χ0) is 8.48. The van der Waals surface area contributed by atoms with Gasteiger partial charge in [-0.2, -0.15) is 0 Å². The quantitative estimate of drug-likeness (QED) is 0.610. The summed E-state index contributed by atoms with van der Waals surface area (Å²) in [5.74, 6) is -0.410. The first-order valence-electron chi connectivity index (χ1n) is 3.63. The molecule has 0 saturated carbocycles. The van der Waals surface area contributed by atoms with Gasteiger partial charge in [-0.3, -0.25) is 4.79 Å². The first kappa shape index (κ1) is 8.21. The highest BCUT2D eigenvalue weighted by Crippen LogP contribution is 2.21. The van der Waals surface area contributed by atoms with Crippen molar-refractivity contribution in [2.24, 2.45) is 5.92 Å². The monoisotopic (exact) mass is 152 g/mol. The Bertz CT molecular complexity index is 218. The van der Waals surface area contributed by atoms with Crippen LogP contribution < -0.4 is 0 Å². The molecule has 0 fully saturated rings. The van der Waals surface area contributed by atoms with Crippen LogP contribution in [0.15, 0.2) is 24.3 Å². The van der Waals surface area contributed by atoms with E-state index >= 15 is 0 Å². The molecule has 1 atom stereocenters. The zero-order valence-corrected chi connectivity index (χ0v) is 6.74. The van der Waals surface area contributed by atoms with Crippen molar-refractivity contribution in [3.63, 3.8) is 0 Å². The van der Waals surface area contributed by atoms with Gasteiger partial charge >= 0.3 is 0 Å². The third-order valence-electron chi connectivity index (χ3n) is 1.74. The summed E-state index contributed by atoms with van der Waals surface area (Å²) in [4.78, 5) is 11.1. The average Bonchev–Trinajstić information content (AvgIpc) is 1.86. The highest BCUT2D eigenvalue weighted by atomic mass is 16.3. The second-order valence-electron chi connectivity index (χ2n) is 3.28. The summed E-state index contributed by atoms with van der Waals surface area (Å²) in [5, 5.41) is 9.51. The molecular weight excluding hydrogens is 140 g/mol. The molecule has 2 heteroatoms. The summed E-state index contributed by atoms with van der Waals surface area (Å²) in [7, 11) is 0. The Hall–Kier alpha value is -0.890. The van der Waals surface area contributed by atoms with Gasteiger partial charge in [0.15, 0.2) is 5.78 Å². The Morgan fingerprint density at radius 1 is 1.45 bits per heavy atom. The Morgan fingerprint density at radius 3 is 2.45 bits per heavy atom. The maximum Gasteiger partial charge on any atom is 0.165 e. The molecule has 0 saturated heterocycles. The summed E-state index contributed by atoms with van der Waals surface area (Å²) in [6.45, 7) is 3.28. The number of aliphatic hydroxyl groups is 1. The van der Waals surface area contributed by atoms with Crippen molar-refractivity contribution in [3.8, 4) is 0 Å². The fraction of sp³-hybridized carbons (Fsp3) is 0.444. The molecule has 0 aromatic rings. The third-order valence-corrected chi connectivity index (χ3v) is 1.74. The lowest BCUT2D eigenvalue weighted by molar-refractivity contribution is -0.122. The second-order valence-corrected chi connectivity index (χ2v) is 3.28. The smallest absolute Gasteiger partial charge is 0.165 e. The summed E-state index contributed by atoms with van der Waals surface area (Å²) in [5.41, 5.74) is -0.946. The molecule has 0 aliphatic heterocycles. The van der Waals surface area contributed by atoms with Crippen LogP contribution in [0.5, 0.6) is 0 Å². The second kappa shape index (κ2) is 2.62. The number of ketones is 1. The molecule has 0 amide bonds. The molecule has 1 unspecified atom stereocenters. The SMILES string of the molecule is CC(C)(O)C1C=CC=CC1=O. The van der Waals surface area contributed by atoms with Crippen LogP contribution in [0, 0.1) is 5.92 Å². The summed E-state index contributed by atoms with van der Waals surface area (Å²) >= 11 is 0. The van der Waals surface area contributed by atoms with E-state index < -0.39 is 5.60 Å². The van der Waals surface area contributed by atoms with E-state index in [9.17, 15) is 9.90 Å². The Balaban J connectivity index is 2.82. The summed E-state index contributed by atoms with van der Waals surface area (Å²) in [6, 6.07) is 0. The molecule has 1 rings (SSSR count). The zero-order valence-electron chi connectivity index (χ0n) is 6.74. The van der Waals surface area contributed by atoms with Crippen molar-refractivity contribution in [2.45, 2.75) is 19.4 Å². The van der Waals surface area contributed by atoms with Crippen LogP contribution in [-0.2, 0) is 4.79 Å². The van der Waals surface area contributed by atoms with E-state index in [2.05, 4.69) is 0 Å². The molecule has 0 aromatic heterocycles. The normalized spacial score (nSPS) is 24.3. The van der Waals surface area contributed by atoms with Crippen LogP contribution in [0.3, 0.4) is 0 Å². The highest BCUT2D eigenvalue weighted by molar-refractivity contribution is 5.95. The number of allylic oxidation sites excluding steroid dienone is 3. The maximum absolute atomic E-state index is 11.1. The number of hydrogen-bond donors (Lipinski definition) is 1. The van der Waals surface area contributed by atoms with Gasteiger partial charge in [0.2, 0.25) is 0 Å². The molecule has 11 heavy (non-hydrogen) atoms. The fourth-order valence-corrected chi connectivity index (χ4v) is 1.11. The van der Waals surface area contributed by atoms with Gasteiger partial charge in [0.1, 0.15) is 0 Å². The van der Waals surface area contributed by atoms with Crippen LogP contribution in [0.25, 0.3) is 0 Å². The molecule has 2 nitrogen and oxygen atoms in total. The lowest BCUT2D eigenvalue weighted by Gasteiger charge is -2.25. The van der Waals surface area contributed by atoms with Gasteiger partial charge in [0, 0.05) is 0 Å². The lowest BCUT2D eigenvalue weighted by Crippen LogP contribution is -2.35. The number of rotatable bonds is 1. The fourth-order valence-electron chi connectivity index (χ4n) is 1.11. The van der Waals surface area contributed by atoms with E-state index in [0.717, 1.165) is 0 Å². The average molecular weight is 152 g/mol. The molecule has 1 aliphatic carbocycles. The minimum Gasteiger partial charge on any atom is -0.389 e. The number of hydrogen-bond acceptors (Lipinski definition) is 2. The van der Waals surface area contributed by atoms with Crippen LogP contribution in [0.2, 0.25) is 0 Å². The van der Waals surface area contributed by atoms with E-state index in [0.29, 0.717) is 0 Å². The highest BCUT2D eigenvalue weighted by Gasteiger charge is 2.30. The first-order valence-corrected chi connectivity index (χ1v) is 3.63. The Morgan fingerprint density at radius 2 is 2.09 bits per heavy atom. The van der Waals surface area contributed by atoms with E-state index in [4.69, 9.17) is 0 Å². The van der Waals surface area contributed by atoms with Gasteiger partial charge in [0.25, 0.3) is 0 Å². The predicted octanol–water partition coefficient (Wildman–Crippen LogP) is 1.07. The largest absolute Gasteiger partial charge is 0.389 e. The first-order chi connectivity index (χ1) is 5.02. The maximum atomic E-state index is 11.1. The van der Waals surface area contributed by atoms with E-state index in [-0.39, 0.29) is 11.7 Å². The van der Waals surface area contributed by atoms with Crippen molar-refractivity contribution in [1.29, 1.82) is 0 Å². The summed E-state index contributed by atoms with van der Waals surface area (Å²) < 4.78 is 0. The number of carbonyl (C=O) groups excluding carboxylic acids is 1. The van der Waals surface area contributed by atoms with Crippen LogP contribution in [0.4, 0.5) is 0 Å². The minimum atomic E-state index is -0.946. The van der Waals surface area contributed by atoms with Gasteiger partial charge in [0.05, 0.1) is 11.5 Å². The molecule has 0 aromatic carbocycles. The van der Waals surface area contributed by atoms with Crippen molar-refractivity contribution in [2.75, 3.05) is 0 Å². The lowest BCUT2D eigenvalue weighted by atomic mass is 9.85. The predicted molar refractivity (Wildman–Crippen MR) is 43.1 cm³/mol. The van der Waals surface area contributed by atoms with Crippen molar-refractivity contribution >= 4 is 5.78 Å². The van der Waals surface area contributed by atoms with Gasteiger partial charge < -0.3 is 5.11 Å². The standard InChI is InChI=1S/C9H12O2/c1-9(2,11)7-5-3-4-6-8(7)10/h3-7,11H,1-2H3. The van der Waals surface area contributed by atoms with E-state index in [1.807, 2.05) is 0 Å². The minimum absolute atomic E-state index is 0.0278. The van der Waals surface area contributed by atoms with Crippen molar-refractivity contribution in [1.82, 2.24) is 0 Å². The molecule has 0 heterocycles. The molecule has 1 aliphatic rings. The Labute approximate surface area is 66.2 Å². The Kier molecular flexibility index (Phi) is 1.96. The van der Waals surface area contributed by atoms with Gasteiger partial charge in [-0.05, 0) is 19.9 Å². The topological polar surface area (TPSA) is 37.3 Å². The third kappa shape index (κ3) is 1.77. The molecular formula is C9H12O2. The molecule has 0 spiro atoms. The van der Waals surface area contributed by atoms with E-state index in [1.54, 1.807) is 32.1 Å². The van der Waals surface area contributed by atoms with Crippen LogP contribution in [0.1, 0.15) is 13.8 Å². The van der Waals surface area contributed by atoms with Gasteiger partial charge in [-0.15, -0.1) is 0 Å². The molecule has 60 valence electrons. The van der Waals surface area contributed by atoms with Crippen LogP contribution >= 0.6 is 0 Å². The molecule has 0 radical (unpaired) electrons.